The number of carbonyl (C=O) groups excluding carboxylic acids is 1. The minimum absolute atomic E-state index is 0.0149. The van der Waals surface area contributed by atoms with Crippen molar-refractivity contribution in [1.29, 1.82) is 5.26 Å². The third kappa shape index (κ3) is 5.16. The second-order valence-electron chi connectivity index (χ2n) is 6.91. The maximum Gasteiger partial charge on any atom is 0.233 e. The van der Waals surface area contributed by atoms with Crippen LogP contribution in [0.1, 0.15) is 22.3 Å². The van der Waals surface area contributed by atoms with Crippen LogP contribution in [0.15, 0.2) is 66.6 Å². The molecule has 0 fully saturated rings. The average molecular weight is 418 g/mol. The van der Waals surface area contributed by atoms with Gasteiger partial charge >= 0.3 is 0 Å². The molecule has 0 atom stereocenters. The van der Waals surface area contributed by atoms with Crippen molar-refractivity contribution in [2.24, 2.45) is 0 Å². The van der Waals surface area contributed by atoms with E-state index in [0.717, 1.165) is 11.3 Å². The second kappa shape index (κ2) is 9.90. The lowest BCUT2D eigenvalue weighted by Crippen LogP contribution is -2.32. The molecule has 0 aliphatic rings. The number of rotatable bonds is 8. The van der Waals surface area contributed by atoms with Crippen molar-refractivity contribution < 1.29 is 4.79 Å². The van der Waals surface area contributed by atoms with Crippen LogP contribution in [-0.4, -0.2) is 37.9 Å². The summed E-state index contributed by atoms with van der Waals surface area (Å²) < 4.78 is 1.89. The second-order valence-corrected chi connectivity index (χ2v) is 7.85. The molecule has 1 aromatic heterocycles. The monoisotopic (exact) mass is 417 g/mol. The molecule has 1 heterocycles. The van der Waals surface area contributed by atoms with Crippen molar-refractivity contribution >= 4 is 17.7 Å². The van der Waals surface area contributed by atoms with Gasteiger partial charge in [-0.3, -0.25) is 9.36 Å². The molecule has 0 aliphatic heterocycles. The number of benzene rings is 2. The van der Waals surface area contributed by atoms with Gasteiger partial charge in [-0.15, -0.1) is 16.8 Å². The first-order valence-corrected chi connectivity index (χ1v) is 10.5. The molecule has 0 aliphatic carbocycles. The Morgan fingerprint density at radius 1 is 1.23 bits per heavy atom. The zero-order chi connectivity index (χ0) is 21.5. The highest BCUT2D eigenvalue weighted by Gasteiger charge is 2.16. The summed E-state index contributed by atoms with van der Waals surface area (Å²) in [6.45, 7) is 8.80. The van der Waals surface area contributed by atoms with E-state index in [1.54, 1.807) is 29.4 Å². The van der Waals surface area contributed by atoms with Crippen molar-refractivity contribution in [3.05, 3.63) is 83.7 Å². The van der Waals surface area contributed by atoms with Crippen molar-refractivity contribution in [2.75, 3.05) is 12.3 Å². The molecule has 0 saturated heterocycles. The molecule has 0 saturated carbocycles. The fourth-order valence-corrected chi connectivity index (χ4v) is 3.74. The van der Waals surface area contributed by atoms with E-state index in [9.17, 15) is 4.79 Å². The number of amides is 1. The van der Waals surface area contributed by atoms with Crippen LogP contribution in [0.2, 0.25) is 0 Å². The maximum atomic E-state index is 12.8. The fraction of sp³-hybridized carbons (Fsp3) is 0.217. The van der Waals surface area contributed by atoms with Gasteiger partial charge in [0.25, 0.3) is 0 Å². The van der Waals surface area contributed by atoms with Crippen LogP contribution in [0.5, 0.6) is 0 Å². The number of aromatic nitrogens is 3. The maximum absolute atomic E-state index is 12.8. The average Bonchev–Trinajstić information content (AvgIpc) is 3.23. The van der Waals surface area contributed by atoms with E-state index in [1.165, 1.54) is 22.9 Å². The van der Waals surface area contributed by atoms with Gasteiger partial charge in [0.1, 0.15) is 6.33 Å². The van der Waals surface area contributed by atoms with E-state index in [4.69, 9.17) is 5.26 Å². The molecular formula is C23H23N5OS. The predicted octanol–water partition coefficient (Wildman–Crippen LogP) is 4.06. The number of hydrogen-bond donors (Lipinski definition) is 0. The van der Waals surface area contributed by atoms with Gasteiger partial charge in [0, 0.05) is 18.8 Å². The van der Waals surface area contributed by atoms with E-state index >= 15 is 0 Å². The normalized spacial score (nSPS) is 10.4. The Labute approximate surface area is 180 Å². The number of carbonyl (C=O) groups is 1. The lowest BCUT2D eigenvalue weighted by atomic mass is 10.1. The number of nitrogens with zero attached hydrogens (tertiary/aromatic N) is 5. The molecule has 0 N–H and O–H groups in total. The van der Waals surface area contributed by atoms with Crippen LogP contribution < -0.4 is 0 Å². The Morgan fingerprint density at radius 3 is 2.67 bits per heavy atom. The predicted molar refractivity (Wildman–Crippen MR) is 118 cm³/mol. The number of nitriles is 1. The lowest BCUT2D eigenvalue weighted by Gasteiger charge is -2.21. The summed E-state index contributed by atoms with van der Waals surface area (Å²) in [5.74, 6) is 0.229. The van der Waals surface area contributed by atoms with Crippen LogP contribution in [0.25, 0.3) is 5.69 Å². The zero-order valence-electron chi connectivity index (χ0n) is 17.1. The Kier molecular flexibility index (Phi) is 7.04. The standard InChI is InChI=1S/C23H23N5OS/c1-4-11-27(14-20-8-6-19(13-24)7-9-20)22(29)15-30-23-26-25-16-28(23)21-10-5-17(2)18(3)12-21/h4-10,12,16H,1,11,14-15H2,2-3H3. The Hall–Kier alpha value is -3.37. The highest BCUT2D eigenvalue weighted by molar-refractivity contribution is 7.99. The molecule has 2 aromatic carbocycles. The molecule has 30 heavy (non-hydrogen) atoms. The summed E-state index contributed by atoms with van der Waals surface area (Å²) in [4.78, 5) is 14.6. The highest BCUT2D eigenvalue weighted by Crippen LogP contribution is 2.22. The molecule has 0 unspecified atom stereocenters. The first kappa shape index (κ1) is 21.3. The topological polar surface area (TPSA) is 74.8 Å². The van der Waals surface area contributed by atoms with Gasteiger partial charge < -0.3 is 4.90 Å². The number of hydrogen-bond acceptors (Lipinski definition) is 5. The van der Waals surface area contributed by atoms with E-state index < -0.39 is 0 Å². The van der Waals surface area contributed by atoms with Crippen molar-refractivity contribution in [2.45, 2.75) is 25.5 Å². The van der Waals surface area contributed by atoms with Crippen LogP contribution in [0, 0.1) is 25.2 Å². The molecule has 1 amide bonds. The number of thioether (sulfide) groups is 1. The first-order valence-electron chi connectivity index (χ1n) is 9.50. The van der Waals surface area contributed by atoms with E-state index in [1.807, 2.05) is 22.8 Å². The van der Waals surface area contributed by atoms with Crippen LogP contribution in [-0.2, 0) is 11.3 Å². The summed E-state index contributed by atoms with van der Waals surface area (Å²) in [5, 5.41) is 17.8. The Bertz CT molecular complexity index is 1080. The lowest BCUT2D eigenvalue weighted by molar-refractivity contribution is -0.128. The van der Waals surface area contributed by atoms with Gasteiger partial charge in [-0.05, 0) is 54.8 Å². The summed E-state index contributed by atoms with van der Waals surface area (Å²) in [6, 6.07) is 15.5. The molecule has 6 nitrogen and oxygen atoms in total. The molecule has 7 heteroatoms. The summed E-state index contributed by atoms with van der Waals surface area (Å²) in [5.41, 5.74) is 4.94. The summed E-state index contributed by atoms with van der Waals surface area (Å²) in [7, 11) is 0. The zero-order valence-corrected chi connectivity index (χ0v) is 17.9. The van der Waals surface area contributed by atoms with Crippen LogP contribution in [0.4, 0.5) is 0 Å². The third-order valence-electron chi connectivity index (χ3n) is 4.77. The van der Waals surface area contributed by atoms with Crippen LogP contribution in [0.3, 0.4) is 0 Å². The minimum Gasteiger partial charge on any atom is -0.334 e. The molecule has 0 radical (unpaired) electrons. The van der Waals surface area contributed by atoms with E-state index in [0.29, 0.717) is 23.8 Å². The van der Waals surface area contributed by atoms with Crippen LogP contribution >= 0.6 is 11.8 Å². The van der Waals surface area contributed by atoms with Gasteiger partial charge in [-0.25, -0.2) is 0 Å². The fourth-order valence-electron chi connectivity index (χ4n) is 2.91. The SMILES string of the molecule is C=CCN(Cc1ccc(C#N)cc1)C(=O)CSc1nncn1-c1ccc(C)c(C)c1. The molecule has 152 valence electrons. The van der Waals surface area contributed by atoms with Crippen molar-refractivity contribution in [3.63, 3.8) is 0 Å². The minimum atomic E-state index is -0.0149. The highest BCUT2D eigenvalue weighted by atomic mass is 32.2. The largest absolute Gasteiger partial charge is 0.334 e. The van der Waals surface area contributed by atoms with Gasteiger partial charge in [-0.1, -0.05) is 36.0 Å². The van der Waals surface area contributed by atoms with E-state index in [2.05, 4.69) is 48.8 Å². The first-order chi connectivity index (χ1) is 14.5. The van der Waals surface area contributed by atoms with E-state index in [-0.39, 0.29) is 11.7 Å². The van der Waals surface area contributed by atoms with Crippen molar-refractivity contribution in [3.8, 4) is 11.8 Å². The third-order valence-corrected chi connectivity index (χ3v) is 5.70. The molecular weight excluding hydrogens is 394 g/mol. The van der Waals surface area contributed by atoms with Gasteiger partial charge in [0.05, 0.1) is 17.4 Å². The molecule has 3 rings (SSSR count). The van der Waals surface area contributed by atoms with Crippen molar-refractivity contribution in [1.82, 2.24) is 19.7 Å². The molecule has 0 bridgehead atoms. The van der Waals surface area contributed by atoms with Gasteiger partial charge in [0.2, 0.25) is 5.91 Å². The number of aryl methyl sites for hydroxylation is 2. The Morgan fingerprint density at radius 2 is 2.00 bits per heavy atom. The van der Waals surface area contributed by atoms with Gasteiger partial charge in [0.15, 0.2) is 5.16 Å². The molecule has 0 spiro atoms. The van der Waals surface area contributed by atoms with Gasteiger partial charge in [-0.2, -0.15) is 5.26 Å². The Balaban J connectivity index is 1.68. The smallest absolute Gasteiger partial charge is 0.233 e. The summed E-state index contributed by atoms with van der Waals surface area (Å²) >= 11 is 1.36. The molecule has 3 aromatic rings. The summed E-state index contributed by atoms with van der Waals surface area (Å²) in [6.07, 6.45) is 3.37. The quantitative estimate of drug-likeness (QED) is 0.408.